The van der Waals surface area contributed by atoms with Crippen molar-refractivity contribution < 1.29 is 22.7 Å². The second-order valence-corrected chi connectivity index (χ2v) is 5.49. The van der Waals surface area contributed by atoms with Crippen molar-refractivity contribution in [3.8, 4) is 0 Å². The van der Waals surface area contributed by atoms with Crippen LogP contribution in [0.1, 0.15) is 22.8 Å². The molecular weight excluding hydrogens is 361 g/mol. The zero-order chi connectivity index (χ0) is 18.8. The van der Waals surface area contributed by atoms with Crippen LogP contribution in [-0.4, -0.2) is 17.1 Å². The lowest BCUT2D eigenvalue weighted by Gasteiger charge is -2.15. The Morgan fingerprint density at radius 2 is 2.00 bits per heavy atom. The highest BCUT2D eigenvalue weighted by atomic mass is 35.5. The summed E-state index contributed by atoms with van der Waals surface area (Å²) in [6.45, 7) is 1.72. The van der Waals surface area contributed by atoms with Crippen LogP contribution in [0.3, 0.4) is 0 Å². The molecule has 25 heavy (non-hydrogen) atoms. The summed E-state index contributed by atoms with van der Waals surface area (Å²) < 4.78 is 44.9. The molecule has 0 saturated heterocycles. The highest BCUT2D eigenvalue weighted by Gasteiger charge is 2.33. The van der Waals surface area contributed by atoms with Crippen molar-refractivity contribution >= 4 is 28.9 Å². The van der Waals surface area contributed by atoms with Gasteiger partial charge in [0, 0.05) is 25.0 Å². The van der Waals surface area contributed by atoms with Crippen LogP contribution in [-0.2, 0) is 18.0 Å². The summed E-state index contributed by atoms with van der Waals surface area (Å²) in [4.78, 5) is 23.8. The van der Waals surface area contributed by atoms with Gasteiger partial charge in [-0.2, -0.15) is 13.2 Å². The van der Waals surface area contributed by atoms with Gasteiger partial charge in [0.25, 0.3) is 5.56 Å². The van der Waals surface area contributed by atoms with Crippen molar-refractivity contribution in [2.75, 3.05) is 11.9 Å². The van der Waals surface area contributed by atoms with Gasteiger partial charge in [0.2, 0.25) is 0 Å². The number of alkyl halides is 3. The van der Waals surface area contributed by atoms with Gasteiger partial charge in [-0.25, -0.2) is 4.79 Å². The second-order valence-electron chi connectivity index (χ2n) is 5.09. The monoisotopic (exact) mass is 374 g/mol. The molecule has 0 aliphatic heterocycles. The van der Waals surface area contributed by atoms with Crippen LogP contribution in [0.2, 0.25) is 5.02 Å². The first-order valence-electron chi connectivity index (χ1n) is 7.15. The van der Waals surface area contributed by atoms with Gasteiger partial charge in [0.05, 0.1) is 28.4 Å². The molecule has 0 fully saturated rings. The van der Waals surface area contributed by atoms with Gasteiger partial charge in [-0.15, -0.1) is 0 Å². The Morgan fingerprint density at radius 3 is 2.60 bits per heavy atom. The van der Waals surface area contributed by atoms with Crippen molar-refractivity contribution in [3.63, 3.8) is 0 Å². The third-order valence-corrected chi connectivity index (χ3v) is 3.60. The average Bonchev–Trinajstić information content (AvgIpc) is 2.51. The lowest BCUT2D eigenvalue weighted by molar-refractivity contribution is -0.137. The highest BCUT2D eigenvalue weighted by Crippen LogP contribution is 2.36. The number of hydrogen-bond donors (Lipinski definition) is 1. The maximum Gasteiger partial charge on any atom is 0.417 e. The number of benzene rings is 1. The Bertz CT molecular complexity index is 863. The predicted molar refractivity (Wildman–Crippen MR) is 87.4 cm³/mol. The topological polar surface area (TPSA) is 60.3 Å². The highest BCUT2D eigenvalue weighted by molar-refractivity contribution is 6.31. The van der Waals surface area contributed by atoms with Gasteiger partial charge in [0.1, 0.15) is 0 Å². The zero-order valence-corrected chi connectivity index (χ0v) is 14.0. The minimum atomic E-state index is -4.63. The third-order valence-electron chi connectivity index (χ3n) is 3.27. The van der Waals surface area contributed by atoms with Crippen LogP contribution >= 0.6 is 11.6 Å². The number of aromatic nitrogens is 1. The Kier molecular flexibility index (Phi) is 5.42. The Labute approximate surface area is 146 Å². The SMILES string of the molecule is CCOC(=O)c1cn(C)c(=O)cc1Nc1ccc(Cl)c(C(F)(F)F)c1. The average molecular weight is 375 g/mol. The predicted octanol–water partition coefficient (Wildman–Crippen LogP) is 3.98. The normalized spacial score (nSPS) is 11.3. The van der Waals surface area contributed by atoms with E-state index in [1.807, 2.05) is 0 Å². The van der Waals surface area contributed by atoms with Crippen molar-refractivity contribution in [2.45, 2.75) is 13.1 Å². The molecule has 0 saturated carbocycles. The molecule has 1 heterocycles. The number of rotatable bonds is 4. The Morgan fingerprint density at radius 1 is 1.32 bits per heavy atom. The van der Waals surface area contributed by atoms with Crippen LogP contribution in [0.15, 0.2) is 35.3 Å². The molecule has 5 nitrogen and oxygen atoms in total. The molecule has 9 heteroatoms. The summed E-state index contributed by atoms with van der Waals surface area (Å²) >= 11 is 5.58. The summed E-state index contributed by atoms with van der Waals surface area (Å²) in [5.74, 6) is -0.703. The van der Waals surface area contributed by atoms with E-state index in [-0.39, 0.29) is 23.5 Å². The Hall–Kier alpha value is -2.48. The largest absolute Gasteiger partial charge is 0.462 e. The molecule has 0 aliphatic carbocycles. The number of aryl methyl sites for hydroxylation is 1. The minimum absolute atomic E-state index is 0.0208. The van der Waals surface area contributed by atoms with Gasteiger partial charge in [-0.05, 0) is 25.1 Å². The van der Waals surface area contributed by atoms with Crippen LogP contribution in [0, 0.1) is 0 Å². The number of nitrogens with zero attached hydrogens (tertiary/aromatic N) is 1. The molecule has 0 spiro atoms. The fourth-order valence-electron chi connectivity index (χ4n) is 2.08. The quantitative estimate of drug-likeness (QED) is 0.822. The molecule has 0 unspecified atom stereocenters. The maximum absolute atomic E-state index is 13.0. The lowest BCUT2D eigenvalue weighted by atomic mass is 10.1. The maximum atomic E-state index is 13.0. The summed E-state index contributed by atoms with van der Waals surface area (Å²) in [5.41, 5.74) is -1.39. The van der Waals surface area contributed by atoms with E-state index in [4.69, 9.17) is 16.3 Å². The van der Waals surface area contributed by atoms with Crippen molar-refractivity contribution in [1.29, 1.82) is 0 Å². The number of pyridine rings is 1. The van der Waals surface area contributed by atoms with Gasteiger partial charge < -0.3 is 14.6 Å². The van der Waals surface area contributed by atoms with Gasteiger partial charge in [-0.1, -0.05) is 11.6 Å². The molecule has 1 aromatic heterocycles. The van der Waals surface area contributed by atoms with E-state index < -0.39 is 28.3 Å². The molecule has 2 rings (SSSR count). The third kappa shape index (κ3) is 4.33. The number of carbonyl (C=O) groups excluding carboxylic acids is 1. The molecule has 0 atom stereocenters. The summed E-state index contributed by atoms with van der Waals surface area (Å²) in [7, 11) is 1.44. The molecule has 134 valence electrons. The van der Waals surface area contributed by atoms with E-state index in [2.05, 4.69) is 5.32 Å². The first-order chi connectivity index (χ1) is 11.6. The first kappa shape index (κ1) is 18.9. The smallest absolute Gasteiger partial charge is 0.417 e. The standard InChI is InChI=1S/C16H14ClF3N2O3/c1-3-25-15(24)10-8-22(2)14(23)7-13(10)21-9-4-5-12(17)11(6-9)16(18,19)20/h4-8,21H,3H2,1-2H3. The van der Waals surface area contributed by atoms with Crippen LogP contribution in [0.4, 0.5) is 24.5 Å². The minimum Gasteiger partial charge on any atom is -0.462 e. The lowest BCUT2D eigenvalue weighted by Crippen LogP contribution is -2.20. The number of carbonyl (C=O) groups is 1. The van der Waals surface area contributed by atoms with E-state index in [9.17, 15) is 22.8 Å². The van der Waals surface area contributed by atoms with Crippen molar-refractivity contribution in [3.05, 3.63) is 57.0 Å². The summed E-state index contributed by atoms with van der Waals surface area (Å²) in [5, 5.41) is 2.20. The fraction of sp³-hybridized carbons (Fsp3) is 0.250. The van der Waals surface area contributed by atoms with E-state index in [0.717, 1.165) is 18.2 Å². The fourth-order valence-corrected chi connectivity index (χ4v) is 2.31. The zero-order valence-electron chi connectivity index (χ0n) is 13.3. The molecule has 0 aliphatic rings. The van der Waals surface area contributed by atoms with Crippen molar-refractivity contribution in [1.82, 2.24) is 4.57 Å². The van der Waals surface area contributed by atoms with Crippen LogP contribution in [0.5, 0.6) is 0 Å². The van der Waals surface area contributed by atoms with Gasteiger partial charge in [-0.3, -0.25) is 4.79 Å². The van der Waals surface area contributed by atoms with E-state index in [0.29, 0.717) is 0 Å². The molecule has 0 amide bonds. The number of hydrogen-bond acceptors (Lipinski definition) is 4. The molecule has 1 N–H and O–H groups in total. The van der Waals surface area contributed by atoms with Crippen molar-refractivity contribution in [2.24, 2.45) is 7.05 Å². The summed E-state index contributed by atoms with van der Waals surface area (Å²) in [6.07, 6.45) is -3.38. The summed E-state index contributed by atoms with van der Waals surface area (Å²) in [6, 6.07) is 4.30. The molecule has 0 bridgehead atoms. The number of halogens is 4. The second kappa shape index (κ2) is 7.18. The molecule has 1 aromatic carbocycles. The van der Waals surface area contributed by atoms with Gasteiger partial charge >= 0.3 is 12.1 Å². The van der Waals surface area contributed by atoms with E-state index in [1.165, 1.54) is 23.9 Å². The Balaban J connectivity index is 2.48. The number of anilines is 2. The molecule has 0 radical (unpaired) electrons. The van der Waals surface area contributed by atoms with Crippen LogP contribution < -0.4 is 10.9 Å². The van der Waals surface area contributed by atoms with Gasteiger partial charge in [0.15, 0.2) is 0 Å². The van der Waals surface area contributed by atoms with Crippen LogP contribution in [0.25, 0.3) is 0 Å². The van der Waals surface area contributed by atoms with E-state index in [1.54, 1.807) is 6.92 Å². The molecular formula is C16H14ClF3N2O3. The number of esters is 1. The molecule has 2 aromatic rings. The number of nitrogens with one attached hydrogen (secondary N) is 1. The first-order valence-corrected chi connectivity index (χ1v) is 7.53. The number of ether oxygens (including phenoxy) is 1. The van der Waals surface area contributed by atoms with E-state index >= 15 is 0 Å².